The number of urea groups is 1. The Morgan fingerprint density at radius 2 is 1.03 bits per heavy atom. The number of carboxylic acid groups (broad SMARTS) is 1. The topological polar surface area (TPSA) is 167 Å². The number of primary amides is 2. The molecule has 0 bridgehead atoms. The number of aliphatic carboxylic acids is 1. The molecule has 182 valence electrons. The number of nitrogens with two attached hydrogens (primary N) is 2. The van der Waals surface area contributed by atoms with Crippen LogP contribution >= 0.6 is 0 Å². The van der Waals surface area contributed by atoms with Gasteiger partial charge in [-0.05, 0) is 6.42 Å². The molecule has 9 heteroatoms. The summed E-state index contributed by atoms with van der Waals surface area (Å²) < 4.78 is -0.641. The van der Waals surface area contributed by atoms with Gasteiger partial charge in [0.1, 0.15) is 0 Å². The van der Waals surface area contributed by atoms with Gasteiger partial charge in [0, 0.05) is 6.42 Å². The van der Waals surface area contributed by atoms with E-state index in [1.54, 1.807) is 0 Å². The van der Waals surface area contributed by atoms with Gasteiger partial charge in [-0.25, -0.2) is 4.79 Å². The number of hydrogen-bond donors (Lipinski definition) is 6. The van der Waals surface area contributed by atoms with Gasteiger partial charge < -0.3 is 16.6 Å². The molecule has 8 N–H and O–H groups in total. The van der Waals surface area contributed by atoms with Crippen molar-refractivity contribution in [1.29, 1.82) is 0 Å². The molecular weight excluding hydrogens is 427 g/mol. The maximum absolute atomic E-state index is 10.3. The van der Waals surface area contributed by atoms with Crippen LogP contribution in [0, 0.1) is 0 Å². The van der Waals surface area contributed by atoms with Crippen molar-refractivity contribution in [1.82, 2.24) is 0 Å². The molecule has 0 saturated carbocycles. The molecule has 0 aliphatic carbocycles. The first-order chi connectivity index (χ1) is 14.7. The standard InChI is InChI=1S/C18H36O2.C3H7O3.CH4N2O.K/c1-2-3-4-5-6-7-8-9-10-11-12-13-14-15-16-17-18(19)20;4-1-3(6)2-5;2-1(3)4;/h2-17H2,1H3,(H,19,20);1,3-6H,2H2;(H4,2,3,4);. The summed E-state index contributed by atoms with van der Waals surface area (Å²) in [5.41, 5.74) is 8.50. The minimum atomic E-state index is -0.903. The SMILES string of the molecule is CCCCCCCCCCCCCCCCCC(=O)O.NC(N)=O.OCC(O)[CH](O)[K]. The number of carbonyl (C=O) groups is 2. The van der Waals surface area contributed by atoms with Gasteiger partial charge in [0.15, 0.2) is 0 Å². The van der Waals surface area contributed by atoms with Gasteiger partial charge in [0.25, 0.3) is 0 Å². The van der Waals surface area contributed by atoms with Crippen molar-refractivity contribution in [3.05, 3.63) is 0 Å². The van der Waals surface area contributed by atoms with Crippen LogP contribution < -0.4 is 11.5 Å². The van der Waals surface area contributed by atoms with Crippen LogP contribution in [-0.2, 0) is 4.79 Å². The quantitative estimate of drug-likeness (QED) is 0.132. The molecule has 31 heavy (non-hydrogen) atoms. The zero-order valence-electron chi connectivity index (χ0n) is 19.9. The fourth-order valence-electron chi connectivity index (χ4n) is 2.80. The molecule has 8 nitrogen and oxygen atoms in total. The van der Waals surface area contributed by atoms with Crippen molar-refractivity contribution in [2.24, 2.45) is 11.5 Å². The Bertz CT molecular complexity index is 383. The van der Waals surface area contributed by atoms with Crippen LogP contribution in [0.3, 0.4) is 0 Å². The van der Waals surface area contributed by atoms with E-state index >= 15 is 0 Å². The molecule has 0 aromatic heterocycles. The summed E-state index contributed by atoms with van der Waals surface area (Å²) in [5, 5.41) is 33.6. The molecule has 0 heterocycles. The molecule has 2 amide bonds. The van der Waals surface area contributed by atoms with E-state index in [1.807, 2.05) is 0 Å². The van der Waals surface area contributed by atoms with Crippen molar-refractivity contribution in [3.8, 4) is 0 Å². The third kappa shape index (κ3) is 44.7. The van der Waals surface area contributed by atoms with Gasteiger partial charge in [-0.15, -0.1) is 0 Å². The first-order valence-corrected chi connectivity index (χ1v) is 13.7. The van der Waals surface area contributed by atoms with E-state index in [2.05, 4.69) is 18.4 Å². The molecule has 2 unspecified atom stereocenters. The van der Waals surface area contributed by atoms with E-state index in [0.29, 0.717) is 6.42 Å². The summed E-state index contributed by atoms with van der Waals surface area (Å²) in [7, 11) is 0. The van der Waals surface area contributed by atoms with E-state index in [1.165, 1.54) is 83.5 Å². The van der Waals surface area contributed by atoms with Gasteiger partial charge >= 0.3 is 89.2 Å². The van der Waals surface area contributed by atoms with Crippen molar-refractivity contribution >= 4 is 61.0 Å². The predicted octanol–water partition coefficient (Wildman–Crippen LogP) is 3.18. The third-order valence-corrected chi connectivity index (χ3v) is 5.94. The fourth-order valence-corrected chi connectivity index (χ4v) is 3.13. The predicted molar refractivity (Wildman–Crippen MR) is 126 cm³/mol. The van der Waals surface area contributed by atoms with Gasteiger partial charge in [-0.3, -0.25) is 4.79 Å². The Labute approximate surface area is 223 Å². The molecule has 0 rings (SSSR count). The van der Waals surface area contributed by atoms with Crippen molar-refractivity contribution < 1.29 is 30.0 Å². The number of hydrogen-bond acceptors (Lipinski definition) is 5. The molecule has 0 aliphatic heterocycles. The number of aliphatic hydroxyl groups is 3. The number of carbonyl (C=O) groups excluding carboxylic acids is 1. The first-order valence-electron chi connectivity index (χ1n) is 11.9. The molecule has 0 aliphatic rings. The van der Waals surface area contributed by atoms with E-state index < -0.39 is 18.3 Å². The summed E-state index contributed by atoms with van der Waals surface area (Å²) in [5.74, 6) is -0.653. The molecule has 0 aromatic carbocycles. The number of carboxylic acids is 1. The van der Waals surface area contributed by atoms with E-state index in [-0.39, 0.29) is 55.6 Å². The van der Waals surface area contributed by atoms with Crippen LogP contribution in [-0.4, -0.2) is 94.3 Å². The molecule has 0 aromatic rings. The average Bonchev–Trinajstić information content (AvgIpc) is 2.70. The van der Waals surface area contributed by atoms with Crippen LogP contribution in [0.25, 0.3) is 0 Å². The number of aliphatic hydroxyl groups excluding tert-OH is 3. The Hall–Kier alpha value is 0.256. The Balaban J connectivity index is -0.000000585. The van der Waals surface area contributed by atoms with Crippen molar-refractivity contribution in [2.45, 2.75) is 116 Å². The van der Waals surface area contributed by atoms with Crippen LogP contribution in [0.15, 0.2) is 0 Å². The Morgan fingerprint density at radius 3 is 1.23 bits per heavy atom. The number of amides is 2. The summed E-state index contributed by atoms with van der Waals surface area (Å²) in [6, 6.07) is -0.833. The second kappa shape index (κ2) is 30.3. The summed E-state index contributed by atoms with van der Waals surface area (Å²) in [6.07, 6.45) is 19.3. The van der Waals surface area contributed by atoms with Crippen molar-refractivity contribution in [3.63, 3.8) is 0 Å². The minimum absolute atomic E-state index is 0.190. The second-order valence-corrected chi connectivity index (χ2v) is 9.83. The van der Waals surface area contributed by atoms with E-state index in [0.717, 1.165) is 12.8 Å². The molecule has 0 spiro atoms. The van der Waals surface area contributed by atoms with Gasteiger partial charge in [0.05, 0.1) is 0 Å². The molecule has 0 fully saturated rings. The first kappa shape index (κ1) is 35.8. The monoisotopic (exact) mass is 474 g/mol. The number of rotatable bonds is 18. The fraction of sp³-hybridized carbons (Fsp3) is 0.909. The average molecular weight is 475 g/mol. The van der Waals surface area contributed by atoms with Gasteiger partial charge in [-0.1, -0.05) is 96.8 Å². The molecule has 2 atom stereocenters. The van der Waals surface area contributed by atoms with Crippen LogP contribution in [0.1, 0.15) is 110 Å². The Kier molecular flexibility index (Phi) is 35.0. The van der Waals surface area contributed by atoms with Gasteiger partial charge in [0.2, 0.25) is 0 Å². The van der Waals surface area contributed by atoms with E-state index in [4.69, 9.17) is 25.2 Å². The zero-order chi connectivity index (χ0) is 24.3. The molecule has 0 radical (unpaired) electrons. The van der Waals surface area contributed by atoms with Crippen LogP contribution in [0.2, 0.25) is 0 Å². The van der Waals surface area contributed by atoms with Crippen LogP contribution in [0.4, 0.5) is 4.79 Å². The normalized spacial score (nSPS) is 12.1. The summed E-state index contributed by atoms with van der Waals surface area (Å²) in [4.78, 5) is 19.3. The third-order valence-electron chi connectivity index (χ3n) is 4.74. The number of unbranched alkanes of at least 4 members (excludes halogenated alkanes) is 14. The maximum atomic E-state index is 10.3. The summed E-state index contributed by atoms with van der Waals surface area (Å²) in [6.45, 7) is 1.94. The molecular formula is C22H47KN2O6. The van der Waals surface area contributed by atoms with E-state index in [9.17, 15) is 4.79 Å². The van der Waals surface area contributed by atoms with Crippen molar-refractivity contribution in [2.75, 3.05) is 6.61 Å². The van der Waals surface area contributed by atoms with Gasteiger partial charge in [-0.2, -0.15) is 0 Å². The summed E-state index contributed by atoms with van der Waals surface area (Å²) >= 11 is 0.190. The molecule has 0 saturated heterocycles. The van der Waals surface area contributed by atoms with Crippen LogP contribution in [0.5, 0.6) is 0 Å². The Morgan fingerprint density at radius 1 is 0.742 bits per heavy atom. The second-order valence-electron chi connectivity index (χ2n) is 7.99. The zero-order valence-corrected chi connectivity index (χ0v) is 23.1.